The van der Waals surface area contributed by atoms with E-state index in [2.05, 4.69) is 36.3 Å². The summed E-state index contributed by atoms with van der Waals surface area (Å²) in [6.07, 6.45) is 0. The summed E-state index contributed by atoms with van der Waals surface area (Å²) < 4.78 is 0. The van der Waals surface area contributed by atoms with Crippen LogP contribution in [0.4, 0.5) is 0 Å². The zero-order valence-electron chi connectivity index (χ0n) is 13.6. The van der Waals surface area contributed by atoms with Gasteiger partial charge in [0.2, 0.25) is 5.91 Å². The van der Waals surface area contributed by atoms with Crippen LogP contribution in [0, 0.1) is 5.92 Å². The number of rotatable bonds is 4. The van der Waals surface area contributed by atoms with Crippen molar-refractivity contribution >= 4 is 39.3 Å². The van der Waals surface area contributed by atoms with Crippen molar-refractivity contribution in [3.63, 3.8) is 0 Å². The van der Waals surface area contributed by atoms with Crippen LogP contribution in [-0.2, 0) is 4.79 Å². The average molecular weight is 329 g/mol. The number of H-pyrrole nitrogens is 1. The molecule has 0 aliphatic rings. The van der Waals surface area contributed by atoms with Crippen molar-refractivity contribution in [1.29, 1.82) is 0 Å². The third kappa shape index (κ3) is 3.20. The number of hydrogen-bond donors (Lipinski definition) is 2. The Morgan fingerprint density at radius 2 is 1.87 bits per heavy atom. The van der Waals surface area contributed by atoms with E-state index >= 15 is 0 Å². The molecule has 1 atom stereocenters. The van der Waals surface area contributed by atoms with Gasteiger partial charge >= 0.3 is 0 Å². The summed E-state index contributed by atoms with van der Waals surface area (Å²) in [6, 6.07) is 12.0. The van der Waals surface area contributed by atoms with Gasteiger partial charge in [0.25, 0.3) is 0 Å². The number of aromatic nitrogens is 1. The van der Waals surface area contributed by atoms with Gasteiger partial charge in [-0.25, -0.2) is 0 Å². The lowest BCUT2D eigenvalue weighted by atomic mass is 9.98. The van der Waals surface area contributed by atoms with Gasteiger partial charge < -0.3 is 10.3 Å². The molecule has 120 valence electrons. The van der Waals surface area contributed by atoms with Crippen LogP contribution in [0.25, 0.3) is 21.8 Å². The Morgan fingerprint density at radius 1 is 1.09 bits per heavy atom. The van der Waals surface area contributed by atoms with Crippen LogP contribution in [-0.4, -0.2) is 17.4 Å². The number of hydrogen-bond acceptors (Lipinski definition) is 1. The van der Waals surface area contributed by atoms with Crippen LogP contribution >= 0.6 is 11.6 Å². The van der Waals surface area contributed by atoms with Crippen LogP contribution in [0.5, 0.6) is 0 Å². The summed E-state index contributed by atoms with van der Waals surface area (Å²) in [4.78, 5) is 15.7. The van der Waals surface area contributed by atoms with Crippen LogP contribution in [0.3, 0.4) is 0 Å². The molecule has 1 aromatic heterocycles. The van der Waals surface area contributed by atoms with Gasteiger partial charge in [-0.1, -0.05) is 37.6 Å². The van der Waals surface area contributed by atoms with Gasteiger partial charge in [0.1, 0.15) is 0 Å². The van der Waals surface area contributed by atoms with E-state index in [1.807, 2.05) is 31.2 Å². The first kappa shape index (κ1) is 15.9. The van der Waals surface area contributed by atoms with Gasteiger partial charge in [0, 0.05) is 33.4 Å². The maximum Gasteiger partial charge on any atom is 0.227 e. The van der Waals surface area contributed by atoms with E-state index in [1.165, 1.54) is 0 Å². The average Bonchev–Trinajstić information content (AvgIpc) is 2.88. The van der Waals surface area contributed by atoms with E-state index in [-0.39, 0.29) is 11.8 Å². The third-order valence-corrected chi connectivity index (χ3v) is 4.40. The number of amides is 1. The van der Waals surface area contributed by atoms with E-state index in [1.54, 1.807) is 0 Å². The van der Waals surface area contributed by atoms with Crippen molar-refractivity contribution in [1.82, 2.24) is 10.3 Å². The standard InChI is InChI=1S/C19H21ClN2O/c1-11(2)10-21-19(23)12(3)13-4-6-15-16-9-14(20)5-7-17(16)22-18(15)8-13/h4-9,11-12,22H,10H2,1-3H3,(H,21,23). The van der Waals surface area contributed by atoms with Crippen molar-refractivity contribution in [3.05, 3.63) is 47.0 Å². The van der Waals surface area contributed by atoms with E-state index in [4.69, 9.17) is 11.6 Å². The molecule has 3 rings (SSSR count). The maximum atomic E-state index is 12.3. The molecule has 2 aromatic carbocycles. The van der Waals surface area contributed by atoms with Crippen molar-refractivity contribution in [2.24, 2.45) is 5.92 Å². The van der Waals surface area contributed by atoms with Crippen molar-refractivity contribution < 1.29 is 4.79 Å². The molecular formula is C19H21ClN2O. The van der Waals surface area contributed by atoms with Crippen LogP contribution in [0.2, 0.25) is 5.02 Å². The Bertz CT molecular complexity index is 866. The summed E-state index contributed by atoms with van der Waals surface area (Å²) >= 11 is 6.09. The molecule has 0 saturated heterocycles. The fraction of sp³-hybridized carbons (Fsp3) is 0.316. The van der Waals surface area contributed by atoms with Gasteiger partial charge in [0.05, 0.1) is 5.92 Å². The number of carbonyl (C=O) groups is 1. The monoisotopic (exact) mass is 328 g/mol. The highest BCUT2D eigenvalue weighted by molar-refractivity contribution is 6.31. The van der Waals surface area contributed by atoms with E-state index in [0.717, 1.165) is 32.4 Å². The molecule has 0 aliphatic carbocycles. The predicted octanol–water partition coefficient (Wildman–Crippen LogP) is 4.85. The van der Waals surface area contributed by atoms with Gasteiger partial charge in [-0.05, 0) is 42.7 Å². The number of carbonyl (C=O) groups excluding carboxylic acids is 1. The molecule has 1 amide bonds. The number of halogens is 1. The summed E-state index contributed by atoms with van der Waals surface area (Å²) in [7, 11) is 0. The Kier molecular flexibility index (Phi) is 4.31. The first-order chi connectivity index (χ1) is 11.0. The highest BCUT2D eigenvalue weighted by atomic mass is 35.5. The fourth-order valence-corrected chi connectivity index (χ4v) is 2.94. The maximum absolute atomic E-state index is 12.3. The van der Waals surface area contributed by atoms with Crippen molar-refractivity contribution in [2.75, 3.05) is 6.54 Å². The lowest BCUT2D eigenvalue weighted by Gasteiger charge is -2.14. The van der Waals surface area contributed by atoms with Crippen LogP contribution in [0.15, 0.2) is 36.4 Å². The summed E-state index contributed by atoms with van der Waals surface area (Å²) in [6.45, 7) is 6.83. The van der Waals surface area contributed by atoms with E-state index in [9.17, 15) is 4.79 Å². The summed E-state index contributed by atoms with van der Waals surface area (Å²) in [5, 5.41) is 5.96. The second-order valence-electron chi connectivity index (χ2n) is 6.48. The van der Waals surface area contributed by atoms with Crippen molar-refractivity contribution in [3.8, 4) is 0 Å². The number of nitrogens with one attached hydrogen (secondary N) is 2. The normalized spacial score (nSPS) is 12.9. The van der Waals surface area contributed by atoms with E-state index in [0.29, 0.717) is 12.5 Å². The van der Waals surface area contributed by atoms with Crippen LogP contribution in [0.1, 0.15) is 32.3 Å². The second kappa shape index (κ2) is 6.25. The topological polar surface area (TPSA) is 44.9 Å². The molecule has 0 saturated carbocycles. The third-order valence-electron chi connectivity index (χ3n) is 4.16. The summed E-state index contributed by atoms with van der Waals surface area (Å²) in [5.41, 5.74) is 3.10. The van der Waals surface area contributed by atoms with Gasteiger partial charge in [0.15, 0.2) is 0 Å². The Balaban J connectivity index is 1.93. The molecule has 23 heavy (non-hydrogen) atoms. The zero-order valence-corrected chi connectivity index (χ0v) is 14.4. The lowest BCUT2D eigenvalue weighted by molar-refractivity contribution is -0.122. The highest BCUT2D eigenvalue weighted by Gasteiger charge is 2.16. The minimum atomic E-state index is -0.173. The number of benzene rings is 2. The molecule has 0 bridgehead atoms. The second-order valence-corrected chi connectivity index (χ2v) is 6.92. The molecule has 0 aliphatic heterocycles. The Morgan fingerprint density at radius 3 is 2.61 bits per heavy atom. The highest BCUT2D eigenvalue weighted by Crippen LogP contribution is 2.30. The first-order valence-electron chi connectivity index (χ1n) is 7.94. The lowest BCUT2D eigenvalue weighted by Crippen LogP contribution is -2.31. The zero-order chi connectivity index (χ0) is 16.6. The van der Waals surface area contributed by atoms with Crippen molar-refractivity contribution in [2.45, 2.75) is 26.7 Å². The predicted molar refractivity (Wildman–Crippen MR) is 97.1 cm³/mol. The number of aromatic amines is 1. The minimum absolute atomic E-state index is 0.0669. The Labute approximate surface area is 141 Å². The van der Waals surface area contributed by atoms with Gasteiger partial charge in [-0.15, -0.1) is 0 Å². The molecule has 4 heteroatoms. The smallest absolute Gasteiger partial charge is 0.227 e. The van der Waals surface area contributed by atoms with E-state index < -0.39 is 0 Å². The molecule has 0 spiro atoms. The molecule has 1 unspecified atom stereocenters. The minimum Gasteiger partial charge on any atom is -0.355 e. The van der Waals surface area contributed by atoms with Gasteiger partial charge in [-0.3, -0.25) is 4.79 Å². The summed E-state index contributed by atoms with van der Waals surface area (Å²) in [5.74, 6) is 0.345. The quantitative estimate of drug-likeness (QED) is 0.706. The SMILES string of the molecule is CC(C)CNC(=O)C(C)c1ccc2c(c1)[nH]c1ccc(Cl)cc12. The largest absolute Gasteiger partial charge is 0.355 e. The first-order valence-corrected chi connectivity index (χ1v) is 8.32. The molecular weight excluding hydrogens is 308 g/mol. The van der Waals surface area contributed by atoms with Gasteiger partial charge in [-0.2, -0.15) is 0 Å². The molecule has 2 N–H and O–H groups in total. The molecule has 0 radical (unpaired) electrons. The Hall–Kier alpha value is -2.00. The molecule has 0 fully saturated rings. The van der Waals surface area contributed by atoms with Crippen LogP contribution < -0.4 is 5.32 Å². The molecule has 3 nitrogen and oxygen atoms in total. The molecule has 1 heterocycles. The number of fused-ring (bicyclic) bond motifs is 3. The fourth-order valence-electron chi connectivity index (χ4n) is 2.77. The molecule has 3 aromatic rings.